The average Bonchev–Trinajstić information content (AvgIpc) is 2.93. The summed E-state index contributed by atoms with van der Waals surface area (Å²) in [6.07, 6.45) is 0. The molecule has 0 unspecified atom stereocenters. The predicted molar refractivity (Wildman–Crippen MR) is 109 cm³/mol. The van der Waals surface area contributed by atoms with Crippen molar-refractivity contribution in [2.24, 2.45) is 4.99 Å². The van der Waals surface area contributed by atoms with Crippen molar-refractivity contribution in [3.05, 3.63) is 57.3 Å². The van der Waals surface area contributed by atoms with Gasteiger partial charge in [0.2, 0.25) is 0 Å². The summed E-state index contributed by atoms with van der Waals surface area (Å²) in [7, 11) is 3.50. The van der Waals surface area contributed by atoms with Crippen LogP contribution in [0.25, 0.3) is 0 Å². The molecule has 2 rings (SSSR count). The van der Waals surface area contributed by atoms with Gasteiger partial charge in [-0.1, -0.05) is 24.3 Å². The zero-order valence-corrected chi connectivity index (χ0v) is 16.9. The quantitative estimate of drug-likeness (QED) is 0.405. The van der Waals surface area contributed by atoms with Crippen LogP contribution < -0.4 is 10.6 Å². The van der Waals surface area contributed by atoms with E-state index < -0.39 is 0 Å². The summed E-state index contributed by atoms with van der Waals surface area (Å²) in [6, 6.07) is 10.5. The Labute approximate surface area is 159 Å². The van der Waals surface area contributed by atoms with Gasteiger partial charge in [0.25, 0.3) is 0 Å². The van der Waals surface area contributed by atoms with Crippen molar-refractivity contribution >= 4 is 41.3 Å². The number of thiophene rings is 1. The molecule has 1 heterocycles. The largest absolute Gasteiger partial charge is 0.380 e. The second-order valence-corrected chi connectivity index (χ2v) is 6.06. The Morgan fingerprint density at radius 3 is 2.57 bits per heavy atom. The lowest BCUT2D eigenvalue weighted by atomic mass is 10.1. The summed E-state index contributed by atoms with van der Waals surface area (Å²) in [4.78, 5) is 5.60. The molecule has 0 bridgehead atoms. The molecule has 0 aliphatic rings. The standard InChI is InChI=1S/C17H23N3OS.HI/c1-13-7-8-22-16(13)11-20-17(18-2)19-10-14-5-4-6-15(9-14)12-21-3;/h4-9H,10-12H2,1-3H3,(H2,18,19,20);1H. The van der Waals surface area contributed by atoms with Crippen LogP contribution in [0.4, 0.5) is 0 Å². The number of aryl methyl sites for hydroxylation is 1. The maximum Gasteiger partial charge on any atom is 0.191 e. The SMILES string of the molecule is CN=C(NCc1cccc(COC)c1)NCc1sccc1C.I. The highest BCUT2D eigenvalue weighted by Gasteiger charge is 2.03. The lowest BCUT2D eigenvalue weighted by molar-refractivity contribution is 0.185. The molecule has 126 valence electrons. The molecule has 0 aliphatic heterocycles. The van der Waals surface area contributed by atoms with Gasteiger partial charge < -0.3 is 15.4 Å². The van der Waals surface area contributed by atoms with Crippen LogP contribution in [-0.2, 0) is 24.4 Å². The Morgan fingerprint density at radius 1 is 1.17 bits per heavy atom. The Hall–Kier alpha value is -1.12. The van der Waals surface area contributed by atoms with Crippen LogP contribution in [0.5, 0.6) is 0 Å². The maximum absolute atomic E-state index is 5.17. The molecule has 0 saturated heterocycles. The van der Waals surface area contributed by atoms with Gasteiger partial charge in [0, 0.05) is 25.6 Å². The molecular formula is C17H24IN3OS. The molecule has 23 heavy (non-hydrogen) atoms. The first-order valence-electron chi connectivity index (χ1n) is 7.27. The Morgan fingerprint density at radius 2 is 1.91 bits per heavy atom. The number of nitrogens with one attached hydrogen (secondary N) is 2. The smallest absolute Gasteiger partial charge is 0.191 e. The highest BCUT2D eigenvalue weighted by molar-refractivity contribution is 14.0. The Bertz CT molecular complexity index is 628. The van der Waals surface area contributed by atoms with Crippen LogP contribution in [0, 0.1) is 6.92 Å². The predicted octanol–water partition coefficient (Wildman–Crippen LogP) is 3.69. The van der Waals surface area contributed by atoms with Gasteiger partial charge >= 0.3 is 0 Å². The van der Waals surface area contributed by atoms with Gasteiger partial charge in [0.15, 0.2) is 5.96 Å². The minimum absolute atomic E-state index is 0. The highest BCUT2D eigenvalue weighted by Crippen LogP contribution is 2.14. The van der Waals surface area contributed by atoms with Gasteiger partial charge in [-0.25, -0.2) is 0 Å². The van der Waals surface area contributed by atoms with Crippen molar-refractivity contribution in [2.75, 3.05) is 14.2 Å². The number of nitrogens with zero attached hydrogens (tertiary/aromatic N) is 1. The number of hydrogen-bond acceptors (Lipinski definition) is 3. The number of ether oxygens (including phenoxy) is 1. The first kappa shape index (κ1) is 19.9. The number of hydrogen-bond donors (Lipinski definition) is 2. The van der Waals surface area contributed by atoms with Crippen LogP contribution in [0.1, 0.15) is 21.6 Å². The summed E-state index contributed by atoms with van der Waals surface area (Å²) >= 11 is 1.76. The molecule has 0 amide bonds. The van der Waals surface area contributed by atoms with Gasteiger partial charge in [0.1, 0.15) is 0 Å². The van der Waals surface area contributed by atoms with Crippen molar-refractivity contribution < 1.29 is 4.74 Å². The minimum Gasteiger partial charge on any atom is -0.380 e. The maximum atomic E-state index is 5.17. The van der Waals surface area contributed by atoms with Crippen LogP contribution in [-0.4, -0.2) is 20.1 Å². The molecule has 2 aromatic rings. The van der Waals surface area contributed by atoms with Crippen molar-refractivity contribution in [3.63, 3.8) is 0 Å². The van der Waals surface area contributed by atoms with E-state index in [9.17, 15) is 0 Å². The van der Waals surface area contributed by atoms with Crippen LogP contribution in [0.3, 0.4) is 0 Å². The van der Waals surface area contributed by atoms with E-state index in [1.54, 1.807) is 25.5 Å². The van der Waals surface area contributed by atoms with Gasteiger partial charge in [-0.2, -0.15) is 0 Å². The van der Waals surface area contributed by atoms with Gasteiger partial charge in [-0.05, 0) is 35.1 Å². The summed E-state index contributed by atoms with van der Waals surface area (Å²) in [5.41, 5.74) is 3.71. The molecule has 1 aromatic carbocycles. The zero-order chi connectivity index (χ0) is 15.8. The average molecular weight is 445 g/mol. The number of benzene rings is 1. The van der Waals surface area contributed by atoms with E-state index in [2.05, 4.69) is 58.3 Å². The Balaban J connectivity index is 0.00000264. The molecule has 4 nitrogen and oxygen atoms in total. The lowest BCUT2D eigenvalue weighted by Crippen LogP contribution is -2.36. The fourth-order valence-electron chi connectivity index (χ4n) is 2.15. The first-order valence-corrected chi connectivity index (χ1v) is 8.15. The van der Waals surface area contributed by atoms with Crippen molar-refractivity contribution in [2.45, 2.75) is 26.6 Å². The topological polar surface area (TPSA) is 45.7 Å². The third-order valence-electron chi connectivity index (χ3n) is 3.37. The number of aliphatic imine (C=N–C) groups is 1. The van der Waals surface area contributed by atoms with Crippen molar-refractivity contribution in [1.29, 1.82) is 0 Å². The molecule has 0 spiro atoms. The summed E-state index contributed by atoms with van der Waals surface area (Å²) in [6.45, 7) is 4.30. The van der Waals surface area contributed by atoms with E-state index in [4.69, 9.17) is 4.74 Å². The second-order valence-electron chi connectivity index (χ2n) is 5.06. The van der Waals surface area contributed by atoms with E-state index >= 15 is 0 Å². The van der Waals surface area contributed by atoms with Gasteiger partial charge in [0.05, 0.1) is 13.2 Å². The molecule has 1 aromatic heterocycles. The molecule has 2 N–H and O–H groups in total. The fourth-order valence-corrected chi connectivity index (χ4v) is 3.00. The van der Waals surface area contributed by atoms with E-state index in [0.717, 1.165) is 19.0 Å². The number of rotatable bonds is 6. The fraction of sp³-hybridized carbons (Fsp3) is 0.353. The van der Waals surface area contributed by atoms with Crippen LogP contribution in [0.2, 0.25) is 0 Å². The number of guanidine groups is 1. The van der Waals surface area contributed by atoms with Gasteiger partial charge in [-0.3, -0.25) is 4.99 Å². The van der Waals surface area contributed by atoms with E-state index in [1.165, 1.54) is 21.6 Å². The zero-order valence-electron chi connectivity index (χ0n) is 13.8. The van der Waals surface area contributed by atoms with E-state index in [0.29, 0.717) is 6.61 Å². The second kappa shape index (κ2) is 10.6. The molecular weight excluding hydrogens is 421 g/mol. The molecule has 0 radical (unpaired) electrons. The number of halogens is 1. The van der Waals surface area contributed by atoms with Crippen molar-refractivity contribution in [1.82, 2.24) is 10.6 Å². The molecule has 0 aliphatic carbocycles. The molecule has 0 fully saturated rings. The molecule has 0 atom stereocenters. The lowest BCUT2D eigenvalue weighted by Gasteiger charge is -2.12. The number of methoxy groups -OCH3 is 1. The van der Waals surface area contributed by atoms with E-state index in [-0.39, 0.29) is 24.0 Å². The molecule has 6 heteroatoms. The summed E-state index contributed by atoms with van der Waals surface area (Å²) < 4.78 is 5.17. The van der Waals surface area contributed by atoms with E-state index in [1.807, 2.05) is 0 Å². The highest BCUT2D eigenvalue weighted by atomic mass is 127. The first-order chi connectivity index (χ1) is 10.7. The summed E-state index contributed by atoms with van der Waals surface area (Å²) in [5.74, 6) is 0.810. The van der Waals surface area contributed by atoms with Gasteiger partial charge in [-0.15, -0.1) is 35.3 Å². The van der Waals surface area contributed by atoms with Crippen molar-refractivity contribution in [3.8, 4) is 0 Å². The minimum atomic E-state index is 0. The normalized spacial score (nSPS) is 11.0. The third kappa shape index (κ3) is 6.48. The van der Waals surface area contributed by atoms with Crippen LogP contribution >= 0.6 is 35.3 Å². The monoisotopic (exact) mass is 445 g/mol. The third-order valence-corrected chi connectivity index (χ3v) is 4.39. The summed E-state index contributed by atoms with van der Waals surface area (Å²) in [5, 5.41) is 8.80. The Kier molecular flexibility index (Phi) is 9.20. The van der Waals surface area contributed by atoms with Crippen LogP contribution in [0.15, 0.2) is 40.7 Å². The molecule has 0 saturated carbocycles.